The van der Waals surface area contributed by atoms with Crippen LogP contribution in [0.25, 0.3) is 0 Å². The van der Waals surface area contributed by atoms with Gasteiger partial charge in [0.05, 0.1) is 5.56 Å². The number of hydrogen-bond acceptors (Lipinski definition) is 4. The number of carbonyl (C=O) groups is 1. The first-order chi connectivity index (χ1) is 10.6. The maximum absolute atomic E-state index is 12.8. The molecule has 1 N–H and O–H groups in total. The van der Waals surface area contributed by atoms with Crippen molar-refractivity contribution >= 4 is 11.6 Å². The van der Waals surface area contributed by atoms with Crippen molar-refractivity contribution in [2.24, 2.45) is 7.05 Å². The summed E-state index contributed by atoms with van der Waals surface area (Å²) in [7, 11) is 1.17. The number of anilines is 1. The number of nitrogens with zero attached hydrogens (tertiary/aromatic N) is 4. The first-order valence-electron chi connectivity index (χ1n) is 6.60. The average molecular weight is 329 g/mol. The molecule has 0 aliphatic rings. The van der Waals surface area contributed by atoms with Gasteiger partial charge in [-0.1, -0.05) is 0 Å². The molecule has 0 aliphatic carbocycles. The number of aromatic nitrogens is 4. The number of nitrogens with one attached hydrogen (secondary N) is 1. The van der Waals surface area contributed by atoms with Crippen molar-refractivity contribution in [1.29, 1.82) is 0 Å². The molecule has 0 saturated carbocycles. The molecule has 7 nitrogen and oxygen atoms in total. The molecule has 0 aromatic carbocycles. The molecular weight excluding hydrogens is 315 g/mol. The molecule has 10 heteroatoms. The van der Waals surface area contributed by atoms with Crippen molar-refractivity contribution in [1.82, 2.24) is 19.3 Å². The molecule has 23 heavy (non-hydrogen) atoms. The van der Waals surface area contributed by atoms with Crippen molar-refractivity contribution < 1.29 is 18.0 Å². The summed E-state index contributed by atoms with van der Waals surface area (Å²) in [5.74, 6) is -1.10. The Bertz CT molecular complexity index is 792. The van der Waals surface area contributed by atoms with Gasteiger partial charge in [-0.15, -0.1) is 5.10 Å². The molecule has 2 rings (SSSR count). The van der Waals surface area contributed by atoms with E-state index in [0.29, 0.717) is 12.3 Å². The van der Waals surface area contributed by atoms with Gasteiger partial charge < -0.3 is 9.88 Å². The number of rotatable bonds is 3. The zero-order valence-corrected chi connectivity index (χ0v) is 12.5. The second kappa shape index (κ2) is 5.86. The van der Waals surface area contributed by atoms with Gasteiger partial charge in [-0.2, -0.15) is 13.2 Å². The Balaban J connectivity index is 2.33. The molecule has 0 bridgehead atoms. The molecule has 0 fully saturated rings. The van der Waals surface area contributed by atoms with Crippen LogP contribution in [0.1, 0.15) is 36.1 Å². The SMILES string of the molecule is CC(C)n1cnc(C(=O)Nc2cc(C(F)(F)F)cn(C)c2=O)n1. The van der Waals surface area contributed by atoms with E-state index >= 15 is 0 Å². The summed E-state index contributed by atoms with van der Waals surface area (Å²) < 4.78 is 40.5. The molecule has 2 aromatic heterocycles. The molecule has 0 spiro atoms. The highest BCUT2D eigenvalue weighted by atomic mass is 19.4. The maximum atomic E-state index is 12.8. The van der Waals surface area contributed by atoms with E-state index in [-0.39, 0.29) is 11.9 Å². The van der Waals surface area contributed by atoms with E-state index in [4.69, 9.17) is 0 Å². The Morgan fingerprint density at radius 3 is 2.52 bits per heavy atom. The average Bonchev–Trinajstić information content (AvgIpc) is 2.92. The van der Waals surface area contributed by atoms with Crippen LogP contribution in [-0.2, 0) is 13.2 Å². The topological polar surface area (TPSA) is 81.8 Å². The number of carbonyl (C=O) groups excluding carboxylic acids is 1. The molecule has 0 unspecified atom stereocenters. The van der Waals surface area contributed by atoms with E-state index < -0.39 is 28.9 Å². The molecule has 0 radical (unpaired) electrons. The van der Waals surface area contributed by atoms with E-state index in [0.717, 1.165) is 4.57 Å². The number of halogens is 3. The van der Waals surface area contributed by atoms with Crippen LogP contribution in [0.3, 0.4) is 0 Å². The molecular formula is C13H14F3N5O2. The molecule has 0 atom stereocenters. The zero-order valence-electron chi connectivity index (χ0n) is 12.5. The number of hydrogen-bond donors (Lipinski definition) is 1. The summed E-state index contributed by atoms with van der Waals surface area (Å²) in [6.45, 7) is 3.64. The van der Waals surface area contributed by atoms with Crippen LogP contribution in [0, 0.1) is 0 Å². The van der Waals surface area contributed by atoms with Gasteiger partial charge in [-0.3, -0.25) is 9.59 Å². The number of amides is 1. The third-order valence-electron chi connectivity index (χ3n) is 3.00. The predicted molar refractivity (Wildman–Crippen MR) is 75.0 cm³/mol. The minimum absolute atomic E-state index is 0.0366. The maximum Gasteiger partial charge on any atom is 0.417 e. The number of alkyl halides is 3. The smallest absolute Gasteiger partial charge is 0.316 e. The lowest BCUT2D eigenvalue weighted by molar-refractivity contribution is -0.138. The van der Waals surface area contributed by atoms with Gasteiger partial charge in [0, 0.05) is 19.3 Å². The van der Waals surface area contributed by atoms with E-state index in [9.17, 15) is 22.8 Å². The van der Waals surface area contributed by atoms with E-state index in [1.807, 2.05) is 13.8 Å². The lowest BCUT2D eigenvalue weighted by Crippen LogP contribution is -2.26. The molecule has 2 heterocycles. The Morgan fingerprint density at radius 1 is 1.35 bits per heavy atom. The third kappa shape index (κ3) is 3.58. The summed E-state index contributed by atoms with van der Waals surface area (Å²) in [6.07, 6.45) is -2.66. The van der Waals surface area contributed by atoms with Crippen LogP contribution in [0.5, 0.6) is 0 Å². The van der Waals surface area contributed by atoms with Gasteiger partial charge in [0.1, 0.15) is 12.0 Å². The van der Waals surface area contributed by atoms with Gasteiger partial charge in [-0.05, 0) is 19.9 Å². The van der Waals surface area contributed by atoms with E-state index in [2.05, 4.69) is 15.4 Å². The molecule has 2 aromatic rings. The standard InChI is InChI=1S/C13H14F3N5O2/c1-7(2)21-6-17-10(19-21)11(22)18-9-4-8(13(14,15)16)5-20(3)12(9)23/h4-7H,1-3H3,(H,18,22). The van der Waals surface area contributed by atoms with Crippen LogP contribution in [0.15, 0.2) is 23.4 Å². The monoisotopic (exact) mass is 329 g/mol. The Morgan fingerprint density at radius 2 is 2.00 bits per heavy atom. The summed E-state index contributed by atoms with van der Waals surface area (Å²) in [5.41, 5.74) is -2.31. The van der Waals surface area contributed by atoms with Crippen molar-refractivity contribution in [2.75, 3.05) is 5.32 Å². The van der Waals surface area contributed by atoms with Gasteiger partial charge >= 0.3 is 6.18 Å². The highest BCUT2D eigenvalue weighted by molar-refractivity contribution is 6.01. The van der Waals surface area contributed by atoms with Crippen LogP contribution in [0.2, 0.25) is 0 Å². The normalized spacial score (nSPS) is 11.8. The zero-order chi connectivity index (χ0) is 17.4. The van der Waals surface area contributed by atoms with Gasteiger partial charge in [-0.25, -0.2) is 9.67 Å². The van der Waals surface area contributed by atoms with Crippen molar-refractivity contribution in [3.8, 4) is 0 Å². The summed E-state index contributed by atoms with van der Waals surface area (Å²) >= 11 is 0. The fraction of sp³-hybridized carbons (Fsp3) is 0.385. The molecule has 1 amide bonds. The van der Waals surface area contributed by atoms with Crippen LogP contribution in [-0.4, -0.2) is 25.2 Å². The Kier molecular flexibility index (Phi) is 4.26. The van der Waals surface area contributed by atoms with E-state index in [1.54, 1.807) is 0 Å². The Hall–Kier alpha value is -2.65. The lowest BCUT2D eigenvalue weighted by atomic mass is 10.2. The van der Waals surface area contributed by atoms with Gasteiger partial charge in [0.2, 0.25) is 5.82 Å². The molecule has 0 aliphatic heterocycles. The first kappa shape index (κ1) is 16.7. The van der Waals surface area contributed by atoms with Crippen molar-refractivity contribution in [3.63, 3.8) is 0 Å². The van der Waals surface area contributed by atoms with Gasteiger partial charge in [0.15, 0.2) is 0 Å². The molecule has 0 saturated heterocycles. The predicted octanol–water partition coefficient (Wildman–Crippen LogP) is 1.83. The minimum Gasteiger partial charge on any atom is -0.316 e. The quantitative estimate of drug-likeness (QED) is 0.931. The minimum atomic E-state index is -4.64. The van der Waals surface area contributed by atoms with Crippen molar-refractivity contribution in [2.45, 2.75) is 26.1 Å². The van der Waals surface area contributed by atoms with E-state index in [1.165, 1.54) is 18.1 Å². The van der Waals surface area contributed by atoms with Crippen LogP contribution < -0.4 is 10.9 Å². The summed E-state index contributed by atoms with van der Waals surface area (Å²) in [6, 6.07) is 0.546. The first-order valence-corrected chi connectivity index (χ1v) is 6.60. The summed E-state index contributed by atoms with van der Waals surface area (Å²) in [4.78, 5) is 27.6. The summed E-state index contributed by atoms with van der Waals surface area (Å²) in [5, 5.41) is 6.01. The van der Waals surface area contributed by atoms with Gasteiger partial charge in [0.25, 0.3) is 11.5 Å². The Labute approximate surface area is 128 Å². The largest absolute Gasteiger partial charge is 0.417 e. The fourth-order valence-electron chi connectivity index (χ4n) is 1.76. The number of pyridine rings is 1. The second-order valence-corrected chi connectivity index (χ2v) is 5.15. The van der Waals surface area contributed by atoms with Crippen molar-refractivity contribution in [3.05, 3.63) is 40.3 Å². The number of aryl methyl sites for hydroxylation is 1. The lowest BCUT2D eigenvalue weighted by Gasteiger charge is -2.11. The van der Waals surface area contributed by atoms with Crippen LogP contribution in [0.4, 0.5) is 18.9 Å². The highest BCUT2D eigenvalue weighted by Crippen LogP contribution is 2.29. The third-order valence-corrected chi connectivity index (χ3v) is 3.00. The molecule has 124 valence electrons. The fourth-order valence-corrected chi connectivity index (χ4v) is 1.76. The highest BCUT2D eigenvalue weighted by Gasteiger charge is 2.32. The van der Waals surface area contributed by atoms with Crippen LogP contribution >= 0.6 is 0 Å². The second-order valence-electron chi connectivity index (χ2n) is 5.15.